The molecule has 4 rings (SSSR count). The molecule has 1 amide bonds. The fraction of sp³-hybridized carbons (Fsp3) is 0.278. The molecule has 0 radical (unpaired) electrons. The molecule has 0 saturated carbocycles. The number of likely N-dealkylation sites (N-methyl/N-ethyl adjacent to an activating group) is 1. The molecule has 28 heavy (non-hydrogen) atoms. The van der Waals surface area contributed by atoms with Crippen molar-refractivity contribution in [1.29, 1.82) is 0 Å². The highest BCUT2D eigenvalue weighted by atomic mass is 32.2. The molecule has 146 valence electrons. The van der Waals surface area contributed by atoms with Gasteiger partial charge in [-0.25, -0.2) is 15.2 Å². The molecule has 7 nitrogen and oxygen atoms in total. The molecule has 10 heteroatoms. The van der Waals surface area contributed by atoms with Gasteiger partial charge in [-0.05, 0) is 37.2 Å². The Hall–Kier alpha value is -2.27. The molecule has 0 spiro atoms. The molecule has 2 aromatic heterocycles. The summed E-state index contributed by atoms with van der Waals surface area (Å²) in [4.78, 5) is 33.7. The predicted octanol–water partition coefficient (Wildman–Crippen LogP) is 1.66. The summed E-state index contributed by atoms with van der Waals surface area (Å²) in [6.07, 6.45) is 0.772. The lowest BCUT2D eigenvalue weighted by atomic mass is 10.1. The van der Waals surface area contributed by atoms with Crippen LogP contribution in [0.4, 0.5) is 4.39 Å². The highest BCUT2D eigenvalue weighted by Crippen LogP contribution is 2.33. The number of aromatic nitrogens is 2. The normalized spacial score (nSPS) is 14.2. The van der Waals surface area contributed by atoms with Gasteiger partial charge in [-0.1, -0.05) is 17.8 Å². The number of hydrogen-bond acceptors (Lipinski definition) is 7. The number of benzene rings is 1. The smallest absolute Gasteiger partial charge is 0.267 e. The summed E-state index contributed by atoms with van der Waals surface area (Å²) in [5.41, 5.74) is 3.22. The Morgan fingerprint density at radius 1 is 1.46 bits per heavy atom. The molecule has 3 N–H and O–H groups in total. The van der Waals surface area contributed by atoms with Gasteiger partial charge < -0.3 is 4.90 Å². The first-order valence-electron chi connectivity index (χ1n) is 8.62. The third kappa shape index (κ3) is 3.44. The predicted molar refractivity (Wildman–Crippen MR) is 108 cm³/mol. The number of nitrogens with one attached hydrogen (secondary N) is 1. The van der Waals surface area contributed by atoms with E-state index in [1.54, 1.807) is 12.1 Å². The van der Waals surface area contributed by atoms with E-state index in [2.05, 4.69) is 15.3 Å². The molecular weight excluding hydrogens is 401 g/mol. The van der Waals surface area contributed by atoms with Gasteiger partial charge in [-0.3, -0.25) is 19.6 Å². The summed E-state index contributed by atoms with van der Waals surface area (Å²) in [6.45, 7) is 1.64. The first-order chi connectivity index (χ1) is 13.5. The number of thiophene rings is 1. The number of carbonyl (C=O) groups excluding carboxylic acids is 1. The van der Waals surface area contributed by atoms with Gasteiger partial charge in [0, 0.05) is 18.0 Å². The average molecular weight is 420 g/mol. The Bertz CT molecular complexity index is 1130. The first kappa shape index (κ1) is 19.1. The van der Waals surface area contributed by atoms with Crippen LogP contribution in [-0.2, 0) is 17.8 Å². The van der Waals surface area contributed by atoms with Crippen LogP contribution in [0.25, 0.3) is 15.9 Å². The van der Waals surface area contributed by atoms with Crippen LogP contribution < -0.4 is 16.8 Å². The lowest BCUT2D eigenvalue weighted by Gasteiger charge is -2.21. The van der Waals surface area contributed by atoms with Gasteiger partial charge in [-0.2, -0.15) is 0 Å². The van der Waals surface area contributed by atoms with Gasteiger partial charge in [0.1, 0.15) is 10.6 Å². The van der Waals surface area contributed by atoms with Crippen LogP contribution >= 0.6 is 23.1 Å². The Morgan fingerprint density at radius 3 is 3.04 bits per heavy atom. The van der Waals surface area contributed by atoms with E-state index in [-0.39, 0.29) is 11.3 Å². The van der Waals surface area contributed by atoms with E-state index < -0.39 is 11.7 Å². The number of halogens is 1. The lowest BCUT2D eigenvalue weighted by Crippen LogP contribution is -2.32. The molecule has 1 aromatic carbocycles. The van der Waals surface area contributed by atoms with E-state index >= 15 is 0 Å². The molecule has 0 fully saturated rings. The van der Waals surface area contributed by atoms with Crippen molar-refractivity contribution in [2.24, 2.45) is 5.84 Å². The van der Waals surface area contributed by atoms with Crippen molar-refractivity contribution in [2.45, 2.75) is 18.1 Å². The minimum absolute atomic E-state index is 0.00239. The Labute approximate surface area is 168 Å². The maximum absolute atomic E-state index is 13.8. The first-order valence-corrected chi connectivity index (χ1v) is 10.4. The van der Waals surface area contributed by atoms with Crippen molar-refractivity contribution in [3.63, 3.8) is 0 Å². The molecule has 3 aromatic rings. The Balaban J connectivity index is 1.93. The number of carbonyl (C=O) groups is 1. The molecular formula is C18H18FN5O2S2. The van der Waals surface area contributed by atoms with E-state index in [1.807, 2.05) is 7.05 Å². The van der Waals surface area contributed by atoms with Crippen molar-refractivity contribution in [3.8, 4) is 5.69 Å². The van der Waals surface area contributed by atoms with Crippen molar-refractivity contribution in [3.05, 3.63) is 50.9 Å². The van der Waals surface area contributed by atoms with Crippen molar-refractivity contribution in [2.75, 3.05) is 19.3 Å². The number of hydrogen-bond donors (Lipinski definition) is 2. The fourth-order valence-electron chi connectivity index (χ4n) is 3.26. The average Bonchev–Trinajstić information content (AvgIpc) is 3.03. The number of fused-ring (bicyclic) bond motifs is 3. The molecule has 1 aliphatic rings. The van der Waals surface area contributed by atoms with E-state index in [4.69, 9.17) is 5.84 Å². The van der Waals surface area contributed by atoms with Gasteiger partial charge >= 0.3 is 0 Å². The summed E-state index contributed by atoms with van der Waals surface area (Å²) in [5.74, 6) is 4.31. The third-order valence-corrected chi connectivity index (χ3v) is 6.64. The number of thioether (sulfide) groups is 1. The summed E-state index contributed by atoms with van der Waals surface area (Å²) >= 11 is 2.59. The third-order valence-electron chi connectivity index (χ3n) is 4.59. The van der Waals surface area contributed by atoms with Crippen molar-refractivity contribution < 1.29 is 9.18 Å². The number of nitrogens with two attached hydrogens (primary N) is 1. The monoisotopic (exact) mass is 419 g/mol. The second-order valence-corrected chi connectivity index (χ2v) is 8.57. The standard InChI is InChI=1S/C18H18FN5O2S2/c1-23-6-5-12-13(8-23)28-16-15(12)17(26)24(11-4-2-3-10(19)7-11)18(21-16)27-9-14(25)22-20/h2-4,7H,5-6,8-9,20H2,1H3,(H,22,25). The molecule has 0 unspecified atom stereocenters. The van der Waals surface area contributed by atoms with Crippen molar-refractivity contribution >= 4 is 39.2 Å². The lowest BCUT2D eigenvalue weighted by molar-refractivity contribution is -0.118. The molecule has 0 saturated heterocycles. The van der Waals surface area contributed by atoms with Crippen LogP contribution in [0.15, 0.2) is 34.2 Å². The van der Waals surface area contributed by atoms with Gasteiger partial charge in [0.05, 0.1) is 16.8 Å². The number of amides is 1. The zero-order valence-electron chi connectivity index (χ0n) is 15.1. The largest absolute Gasteiger partial charge is 0.301 e. The maximum Gasteiger partial charge on any atom is 0.267 e. The zero-order chi connectivity index (χ0) is 19.8. The quantitative estimate of drug-likeness (QED) is 0.220. The summed E-state index contributed by atoms with van der Waals surface area (Å²) in [6, 6.07) is 5.80. The van der Waals surface area contributed by atoms with Crippen LogP contribution in [0.1, 0.15) is 10.4 Å². The van der Waals surface area contributed by atoms with E-state index in [0.29, 0.717) is 21.1 Å². The van der Waals surface area contributed by atoms with Crippen LogP contribution in [0.2, 0.25) is 0 Å². The van der Waals surface area contributed by atoms with Gasteiger partial charge in [0.25, 0.3) is 5.56 Å². The number of rotatable bonds is 4. The van der Waals surface area contributed by atoms with E-state index in [1.165, 1.54) is 28.0 Å². The topological polar surface area (TPSA) is 93.2 Å². The Morgan fingerprint density at radius 2 is 2.29 bits per heavy atom. The molecule has 3 heterocycles. The second-order valence-electron chi connectivity index (χ2n) is 6.54. The molecule has 1 aliphatic heterocycles. The zero-order valence-corrected chi connectivity index (χ0v) is 16.7. The van der Waals surface area contributed by atoms with E-state index in [0.717, 1.165) is 41.7 Å². The van der Waals surface area contributed by atoms with E-state index in [9.17, 15) is 14.0 Å². The number of nitrogens with zero attached hydrogens (tertiary/aromatic N) is 3. The maximum atomic E-state index is 13.8. The van der Waals surface area contributed by atoms with Crippen LogP contribution in [0.3, 0.4) is 0 Å². The SMILES string of the molecule is CN1CCc2c(sc3nc(SCC(=O)NN)n(-c4cccc(F)c4)c(=O)c23)C1. The summed E-state index contributed by atoms with van der Waals surface area (Å²) in [5, 5.41) is 0.920. The summed E-state index contributed by atoms with van der Waals surface area (Å²) < 4.78 is 15.2. The molecule has 0 atom stereocenters. The number of hydrazine groups is 1. The Kier molecular flexibility index (Phi) is 5.19. The molecule has 0 aliphatic carbocycles. The second kappa shape index (κ2) is 7.63. The van der Waals surface area contributed by atoms with Crippen LogP contribution in [0, 0.1) is 5.82 Å². The highest BCUT2D eigenvalue weighted by Gasteiger charge is 2.24. The van der Waals surface area contributed by atoms with Crippen LogP contribution in [0.5, 0.6) is 0 Å². The van der Waals surface area contributed by atoms with Gasteiger partial charge in [0.2, 0.25) is 5.91 Å². The minimum Gasteiger partial charge on any atom is -0.301 e. The fourth-order valence-corrected chi connectivity index (χ4v) is 5.43. The minimum atomic E-state index is -0.450. The van der Waals surface area contributed by atoms with Gasteiger partial charge in [-0.15, -0.1) is 11.3 Å². The summed E-state index contributed by atoms with van der Waals surface area (Å²) in [7, 11) is 2.04. The van der Waals surface area contributed by atoms with Crippen molar-refractivity contribution in [1.82, 2.24) is 19.9 Å². The van der Waals surface area contributed by atoms with Gasteiger partial charge in [0.15, 0.2) is 5.16 Å². The van der Waals surface area contributed by atoms with Crippen LogP contribution in [-0.4, -0.2) is 39.7 Å². The molecule has 0 bridgehead atoms. The highest BCUT2D eigenvalue weighted by molar-refractivity contribution is 7.99.